The first-order valence-electron chi connectivity index (χ1n) is 16.5. The molecule has 0 bridgehead atoms. The zero-order chi connectivity index (χ0) is 36.4. The molecular weight excluding hydrogens is 655 g/mol. The first-order valence-corrected chi connectivity index (χ1v) is 16.5. The number of carbonyl (C=O) groups excluding carboxylic acids is 3. The van der Waals surface area contributed by atoms with Gasteiger partial charge in [-0.3, -0.25) is 14.6 Å². The van der Waals surface area contributed by atoms with Gasteiger partial charge in [0.25, 0.3) is 11.8 Å². The Balaban J connectivity index is 1.57. The van der Waals surface area contributed by atoms with E-state index in [1.165, 1.54) is 34.3 Å². The van der Waals surface area contributed by atoms with E-state index < -0.39 is 35.8 Å². The smallest absolute Gasteiger partial charge is 0.416 e. The molecule has 4 atom stereocenters. The van der Waals surface area contributed by atoms with E-state index in [0.717, 1.165) is 18.6 Å². The number of pyridine rings is 1. The Morgan fingerprint density at radius 3 is 2.38 bits per heavy atom. The van der Waals surface area contributed by atoms with Gasteiger partial charge in [-0.15, -0.1) is 0 Å². The van der Waals surface area contributed by atoms with Gasteiger partial charge in [0.05, 0.1) is 36.0 Å². The van der Waals surface area contributed by atoms with E-state index in [-0.39, 0.29) is 48.9 Å². The fourth-order valence-electron chi connectivity index (χ4n) is 5.48. The van der Waals surface area contributed by atoms with Crippen LogP contribution in [0.2, 0.25) is 0 Å². The Morgan fingerprint density at radius 2 is 1.72 bits per heavy atom. The van der Waals surface area contributed by atoms with Crippen molar-refractivity contribution >= 4 is 29.2 Å². The van der Waals surface area contributed by atoms with Crippen molar-refractivity contribution < 1.29 is 42.1 Å². The van der Waals surface area contributed by atoms with Gasteiger partial charge in [0, 0.05) is 62.0 Å². The summed E-state index contributed by atoms with van der Waals surface area (Å²) < 4.78 is 51.5. The molecule has 1 aliphatic rings. The molecule has 0 aliphatic carbocycles. The SMILES string of the molecule is C[C@@H]1CCCCO[C@@H](CN(C)C(=O)Nc2ccc(C(F)(F)F)cc2)[C@@H](C)CN([C@H](C)CO)C(=O)c2cc(NC(=O)c3ccncc3)ccc2O1. The van der Waals surface area contributed by atoms with Crippen LogP contribution in [0.25, 0.3) is 0 Å². The van der Waals surface area contributed by atoms with E-state index in [1.807, 2.05) is 13.8 Å². The second-order valence-corrected chi connectivity index (χ2v) is 12.6. The van der Waals surface area contributed by atoms with Crippen molar-refractivity contribution in [3.63, 3.8) is 0 Å². The molecule has 0 saturated heterocycles. The van der Waals surface area contributed by atoms with Crippen molar-refractivity contribution in [2.75, 3.05) is 44.0 Å². The van der Waals surface area contributed by atoms with Gasteiger partial charge in [0.2, 0.25) is 0 Å². The molecule has 0 unspecified atom stereocenters. The average Bonchev–Trinajstić information content (AvgIpc) is 3.09. The average molecular weight is 700 g/mol. The van der Waals surface area contributed by atoms with Crippen LogP contribution in [0.3, 0.4) is 0 Å². The van der Waals surface area contributed by atoms with Crippen molar-refractivity contribution in [3.8, 4) is 5.75 Å². The maximum atomic E-state index is 14.3. The molecule has 3 N–H and O–H groups in total. The Labute approximate surface area is 289 Å². The van der Waals surface area contributed by atoms with Crippen molar-refractivity contribution in [1.29, 1.82) is 0 Å². The van der Waals surface area contributed by atoms with Crippen molar-refractivity contribution in [2.45, 2.75) is 64.5 Å². The van der Waals surface area contributed by atoms with Gasteiger partial charge in [-0.2, -0.15) is 13.2 Å². The molecule has 1 aliphatic heterocycles. The standard InChI is InChI=1S/C36H44F3N5O6/c1-23-20-44(24(2)22-45)34(47)30-19-29(41-33(46)26-14-16-40-17-15-26)12-13-31(30)50-25(3)7-5-6-18-49-32(23)21-43(4)35(48)42-28-10-8-27(9-11-28)36(37,38)39/h8-17,19,23-25,32,45H,5-7,18,20-22H2,1-4H3,(H,41,46)(H,42,48)/t23-,24+,25+,32-/m0/s1. The van der Waals surface area contributed by atoms with Crippen molar-refractivity contribution in [3.05, 3.63) is 83.7 Å². The van der Waals surface area contributed by atoms with Crippen LogP contribution in [0.5, 0.6) is 5.75 Å². The summed E-state index contributed by atoms with van der Waals surface area (Å²) in [4.78, 5) is 47.1. The van der Waals surface area contributed by atoms with Crippen LogP contribution in [-0.2, 0) is 10.9 Å². The zero-order valence-corrected chi connectivity index (χ0v) is 28.6. The maximum absolute atomic E-state index is 14.3. The molecule has 4 rings (SSSR count). The molecular formula is C36H44F3N5O6. The molecule has 0 spiro atoms. The van der Waals surface area contributed by atoms with Crippen LogP contribution in [0.4, 0.5) is 29.3 Å². The number of hydrogen-bond donors (Lipinski definition) is 3. The molecule has 0 fully saturated rings. The quantitative estimate of drug-likeness (QED) is 0.263. The van der Waals surface area contributed by atoms with E-state index in [9.17, 15) is 32.7 Å². The topological polar surface area (TPSA) is 133 Å². The number of hydrogen-bond acceptors (Lipinski definition) is 7. The lowest BCUT2D eigenvalue weighted by Gasteiger charge is -2.35. The van der Waals surface area contributed by atoms with Crippen LogP contribution in [-0.4, -0.2) is 89.3 Å². The van der Waals surface area contributed by atoms with E-state index in [0.29, 0.717) is 36.4 Å². The summed E-state index contributed by atoms with van der Waals surface area (Å²) in [6.07, 6.45) is -0.122. The highest BCUT2D eigenvalue weighted by molar-refractivity contribution is 6.05. The number of halogens is 3. The highest BCUT2D eigenvalue weighted by Crippen LogP contribution is 2.31. The Morgan fingerprint density at radius 1 is 1.04 bits per heavy atom. The molecule has 2 aromatic carbocycles. The number of benzene rings is 2. The first kappa shape index (κ1) is 38.1. The summed E-state index contributed by atoms with van der Waals surface area (Å²) in [6.45, 7) is 5.82. The number of aromatic nitrogens is 1. The van der Waals surface area contributed by atoms with E-state index in [4.69, 9.17) is 9.47 Å². The number of ether oxygens (including phenoxy) is 2. The molecule has 3 aromatic rings. The number of urea groups is 1. The lowest BCUT2D eigenvalue weighted by Crippen LogP contribution is -2.48. The second kappa shape index (κ2) is 17.3. The predicted molar refractivity (Wildman–Crippen MR) is 182 cm³/mol. The summed E-state index contributed by atoms with van der Waals surface area (Å²) in [6, 6.07) is 11.0. The summed E-state index contributed by atoms with van der Waals surface area (Å²) >= 11 is 0. The summed E-state index contributed by atoms with van der Waals surface area (Å²) in [7, 11) is 1.55. The number of anilines is 2. The number of alkyl halides is 3. The third kappa shape index (κ3) is 10.4. The van der Waals surface area contributed by atoms with Gasteiger partial charge in [-0.05, 0) is 87.7 Å². The minimum Gasteiger partial charge on any atom is -0.490 e. The fraction of sp³-hybridized carbons (Fsp3) is 0.444. The Kier molecular flexibility index (Phi) is 13.2. The lowest BCUT2D eigenvalue weighted by molar-refractivity contribution is -0.137. The summed E-state index contributed by atoms with van der Waals surface area (Å²) in [5.41, 5.74) is 0.359. The van der Waals surface area contributed by atoms with Crippen LogP contribution in [0, 0.1) is 5.92 Å². The molecule has 50 heavy (non-hydrogen) atoms. The fourth-order valence-corrected chi connectivity index (χ4v) is 5.48. The summed E-state index contributed by atoms with van der Waals surface area (Å²) in [5, 5.41) is 15.6. The minimum absolute atomic E-state index is 0.116. The monoisotopic (exact) mass is 699 g/mol. The van der Waals surface area contributed by atoms with Gasteiger partial charge >= 0.3 is 12.2 Å². The second-order valence-electron chi connectivity index (χ2n) is 12.6. The zero-order valence-electron chi connectivity index (χ0n) is 28.6. The van der Waals surface area contributed by atoms with Gasteiger partial charge < -0.3 is 35.0 Å². The Hall–Kier alpha value is -4.69. The molecule has 0 radical (unpaired) electrons. The third-order valence-corrected chi connectivity index (χ3v) is 8.52. The van der Waals surface area contributed by atoms with Crippen LogP contribution < -0.4 is 15.4 Å². The predicted octanol–water partition coefficient (Wildman–Crippen LogP) is 6.31. The normalized spacial score (nSPS) is 19.7. The van der Waals surface area contributed by atoms with Crippen LogP contribution in [0.1, 0.15) is 66.3 Å². The molecule has 4 amide bonds. The lowest BCUT2D eigenvalue weighted by atomic mass is 10.0. The number of nitrogens with one attached hydrogen (secondary N) is 2. The molecule has 0 saturated carbocycles. The number of fused-ring (bicyclic) bond motifs is 1. The largest absolute Gasteiger partial charge is 0.490 e. The van der Waals surface area contributed by atoms with Gasteiger partial charge in [0.1, 0.15) is 5.75 Å². The van der Waals surface area contributed by atoms with E-state index >= 15 is 0 Å². The minimum atomic E-state index is -4.49. The highest BCUT2D eigenvalue weighted by atomic mass is 19.4. The molecule has 270 valence electrons. The Bertz CT molecular complexity index is 1590. The van der Waals surface area contributed by atoms with Crippen molar-refractivity contribution in [2.24, 2.45) is 5.92 Å². The van der Waals surface area contributed by atoms with Gasteiger partial charge in [-0.1, -0.05) is 6.92 Å². The molecule has 14 heteroatoms. The molecule has 1 aromatic heterocycles. The maximum Gasteiger partial charge on any atom is 0.416 e. The van der Waals surface area contributed by atoms with E-state index in [2.05, 4.69) is 15.6 Å². The first-order chi connectivity index (χ1) is 23.8. The van der Waals surface area contributed by atoms with Crippen LogP contribution >= 0.6 is 0 Å². The number of carbonyl (C=O) groups is 3. The number of likely N-dealkylation sites (N-methyl/N-ethyl adjacent to an activating group) is 1. The number of amides is 4. The molecule has 11 nitrogen and oxygen atoms in total. The third-order valence-electron chi connectivity index (χ3n) is 8.52. The number of aliphatic hydroxyl groups is 1. The van der Waals surface area contributed by atoms with Crippen molar-refractivity contribution in [1.82, 2.24) is 14.8 Å². The van der Waals surface area contributed by atoms with E-state index in [1.54, 1.807) is 44.3 Å². The highest BCUT2D eigenvalue weighted by Gasteiger charge is 2.32. The number of nitrogens with zero attached hydrogens (tertiary/aromatic N) is 3. The summed E-state index contributed by atoms with van der Waals surface area (Å²) in [5.74, 6) is -0.799. The van der Waals surface area contributed by atoms with Gasteiger partial charge in [0.15, 0.2) is 0 Å². The molecule has 2 heterocycles. The van der Waals surface area contributed by atoms with Crippen LogP contribution in [0.15, 0.2) is 67.0 Å². The number of rotatable bonds is 7. The number of aliphatic hydroxyl groups excluding tert-OH is 1. The van der Waals surface area contributed by atoms with Gasteiger partial charge in [-0.25, -0.2) is 4.79 Å².